The van der Waals surface area contributed by atoms with Gasteiger partial charge in [-0.15, -0.1) is 0 Å². The average Bonchev–Trinajstić information content (AvgIpc) is 2.45. The molecule has 2 rings (SSSR count). The van der Waals surface area contributed by atoms with Gasteiger partial charge in [0.05, 0.1) is 0 Å². The summed E-state index contributed by atoms with van der Waals surface area (Å²) in [6, 6.07) is 4.33. The van der Waals surface area contributed by atoms with E-state index in [4.69, 9.17) is 10.9 Å². The minimum atomic E-state index is -0.406. The highest BCUT2D eigenvalue weighted by atomic mass is 19.1. The lowest BCUT2D eigenvalue weighted by atomic mass is 9.79. The molecule has 114 valence electrons. The number of amides is 1. The molecule has 1 saturated heterocycles. The smallest absolute Gasteiger partial charge is 0.253 e. The fourth-order valence-electron chi connectivity index (χ4n) is 2.62. The molecule has 1 aromatic carbocycles. The molecule has 0 unspecified atom stereocenters. The van der Waals surface area contributed by atoms with Gasteiger partial charge < -0.3 is 15.8 Å². The molecule has 0 aliphatic carbocycles. The number of hydrogen-bond acceptors (Lipinski definition) is 3. The highest BCUT2D eigenvalue weighted by molar-refractivity contribution is 5.94. The number of aryl methyl sites for hydroxylation is 1. The Kier molecular flexibility index (Phi) is 4.16. The van der Waals surface area contributed by atoms with Crippen LogP contribution in [0.2, 0.25) is 0 Å². The van der Waals surface area contributed by atoms with Gasteiger partial charge in [0.15, 0.2) is 0 Å². The van der Waals surface area contributed by atoms with Crippen molar-refractivity contribution in [2.24, 2.45) is 16.3 Å². The number of benzene rings is 1. The molecule has 1 aliphatic heterocycles. The van der Waals surface area contributed by atoms with E-state index in [2.05, 4.69) is 5.16 Å². The Morgan fingerprint density at radius 3 is 2.52 bits per heavy atom. The molecule has 0 aromatic heterocycles. The van der Waals surface area contributed by atoms with Crippen molar-refractivity contribution < 1.29 is 14.4 Å². The fraction of sp³-hybridized carbons (Fsp3) is 0.467. The Morgan fingerprint density at radius 2 is 2.00 bits per heavy atom. The van der Waals surface area contributed by atoms with Gasteiger partial charge in [0.1, 0.15) is 11.7 Å². The number of piperidine rings is 1. The van der Waals surface area contributed by atoms with Crippen LogP contribution in [0.3, 0.4) is 0 Å². The van der Waals surface area contributed by atoms with Crippen molar-refractivity contribution in [3.8, 4) is 0 Å². The number of rotatable bonds is 2. The van der Waals surface area contributed by atoms with Crippen molar-refractivity contribution in [3.05, 3.63) is 35.1 Å². The molecule has 1 aliphatic rings. The average molecular weight is 293 g/mol. The largest absolute Gasteiger partial charge is 0.409 e. The number of oxime groups is 1. The number of nitrogens with zero attached hydrogens (tertiary/aromatic N) is 2. The summed E-state index contributed by atoms with van der Waals surface area (Å²) >= 11 is 0. The lowest BCUT2D eigenvalue weighted by Crippen LogP contribution is -2.47. The number of hydrogen-bond donors (Lipinski definition) is 2. The summed E-state index contributed by atoms with van der Waals surface area (Å²) in [5.74, 6) is -0.396. The monoisotopic (exact) mass is 293 g/mol. The minimum Gasteiger partial charge on any atom is -0.409 e. The summed E-state index contributed by atoms with van der Waals surface area (Å²) in [6.07, 6.45) is 1.23. The van der Waals surface area contributed by atoms with Crippen molar-refractivity contribution in [3.63, 3.8) is 0 Å². The first-order chi connectivity index (χ1) is 9.85. The zero-order valence-electron chi connectivity index (χ0n) is 12.3. The first-order valence-corrected chi connectivity index (χ1v) is 6.90. The van der Waals surface area contributed by atoms with Crippen LogP contribution >= 0.6 is 0 Å². The third-order valence-corrected chi connectivity index (χ3v) is 4.17. The molecule has 0 saturated carbocycles. The lowest BCUT2D eigenvalue weighted by Gasteiger charge is -2.38. The Morgan fingerprint density at radius 1 is 1.38 bits per heavy atom. The van der Waals surface area contributed by atoms with E-state index in [1.807, 2.05) is 6.92 Å². The maximum Gasteiger partial charge on any atom is 0.253 e. The number of amidine groups is 1. The third kappa shape index (κ3) is 3.15. The summed E-state index contributed by atoms with van der Waals surface area (Å²) in [5, 5.41) is 11.9. The van der Waals surface area contributed by atoms with Crippen LogP contribution in [0.5, 0.6) is 0 Å². The van der Waals surface area contributed by atoms with Gasteiger partial charge in [-0.3, -0.25) is 4.79 Å². The molecule has 0 atom stereocenters. The van der Waals surface area contributed by atoms with E-state index >= 15 is 0 Å². The maximum absolute atomic E-state index is 13.4. The van der Waals surface area contributed by atoms with Crippen LogP contribution in [-0.4, -0.2) is 34.9 Å². The molecule has 0 radical (unpaired) electrons. The van der Waals surface area contributed by atoms with Crippen molar-refractivity contribution >= 4 is 11.7 Å². The Labute approximate surface area is 123 Å². The number of carbonyl (C=O) groups excluding carboxylic acids is 1. The third-order valence-electron chi connectivity index (χ3n) is 4.17. The van der Waals surface area contributed by atoms with E-state index in [-0.39, 0.29) is 11.7 Å². The van der Waals surface area contributed by atoms with Gasteiger partial charge in [0, 0.05) is 24.1 Å². The summed E-state index contributed by atoms with van der Waals surface area (Å²) in [7, 11) is 0. The Balaban J connectivity index is 2.10. The van der Waals surface area contributed by atoms with Crippen LogP contribution < -0.4 is 5.73 Å². The zero-order chi connectivity index (χ0) is 15.6. The number of nitrogens with two attached hydrogens (primary N) is 1. The Bertz CT molecular complexity index is 558. The SMILES string of the molecule is Cc1cc(F)cc(C(=O)N2CCC(C)(/C(N)=N/O)CC2)c1. The van der Waals surface area contributed by atoms with Gasteiger partial charge in [-0.1, -0.05) is 12.1 Å². The van der Waals surface area contributed by atoms with Gasteiger partial charge >= 0.3 is 0 Å². The number of halogens is 1. The fourth-order valence-corrected chi connectivity index (χ4v) is 2.62. The summed E-state index contributed by atoms with van der Waals surface area (Å²) in [5.41, 5.74) is 6.38. The molecule has 6 heteroatoms. The first kappa shape index (κ1) is 15.3. The zero-order valence-corrected chi connectivity index (χ0v) is 12.3. The normalized spacial score (nSPS) is 18.6. The second-order valence-corrected chi connectivity index (χ2v) is 5.86. The Hall–Kier alpha value is -2.11. The van der Waals surface area contributed by atoms with E-state index in [1.54, 1.807) is 17.9 Å². The van der Waals surface area contributed by atoms with Crippen LogP contribution in [-0.2, 0) is 0 Å². The second-order valence-electron chi connectivity index (χ2n) is 5.86. The predicted molar refractivity (Wildman–Crippen MR) is 77.8 cm³/mol. The lowest BCUT2D eigenvalue weighted by molar-refractivity contribution is 0.0666. The van der Waals surface area contributed by atoms with E-state index in [0.717, 1.165) is 5.56 Å². The van der Waals surface area contributed by atoms with Crippen molar-refractivity contribution in [1.82, 2.24) is 4.90 Å². The second kappa shape index (κ2) is 5.71. The molecule has 21 heavy (non-hydrogen) atoms. The van der Waals surface area contributed by atoms with E-state index in [9.17, 15) is 9.18 Å². The molecule has 1 aromatic rings. The molecule has 3 N–H and O–H groups in total. The maximum atomic E-state index is 13.4. The van der Waals surface area contributed by atoms with E-state index in [0.29, 0.717) is 31.5 Å². The van der Waals surface area contributed by atoms with Crippen molar-refractivity contribution in [2.45, 2.75) is 26.7 Å². The quantitative estimate of drug-likeness (QED) is 0.379. The van der Waals surface area contributed by atoms with Crippen LogP contribution in [0, 0.1) is 18.2 Å². The van der Waals surface area contributed by atoms with Gasteiger partial charge in [0.25, 0.3) is 5.91 Å². The standard InChI is InChI=1S/C15H20FN3O2/c1-10-7-11(9-12(16)8-10)13(20)19-5-3-15(2,4-6-19)14(17)18-21/h7-9,21H,3-6H2,1-2H3,(H2,17,18). The molecule has 5 nitrogen and oxygen atoms in total. The van der Waals surface area contributed by atoms with Crippen LogP contribution in [0.15, 0.2) is 23.4 Å². The number of carbonyl (C=O) groups is 1. The van der Waals surface area contributed by atoms with Gasteiger partial charge in [-0.2, -0.15) is 0 Å². The van der Waals surface area contributed by atoms with Crippen molar-refractivity contribution in [2.75, 3.05) is 13.1 Å². The highest BCUT2D eigenvalue weighted by Crippen LogP contribution is 2.31. The van der Waals surface area contributed by atoms with Crippen LogP contribution in [0.25, 0.3) is 0 Å². The highest BCUT2D eigenvalue weighted by Gasteiger charge is 2.35. The summed E-state index contributed by atoms with van der Waals surface area (Å²) < 4.78 is 13.4. The first-order valence-electron chi connectivity index (χ1n) is 6.90. The van der Waals surface area contributed by atoms with Crippen molar-refractivity contribution in [1.29, 1.82) is 0 Å². The predicted octanol–water partition coefficient (Wildman–Crippen LogP) is 2.12. The van der Waals surface area contributed by atoms with E-state index in [1.165, 1.54) is 12.1 Å². The topological polar surface area (TPSA) is 78.9 Å². The molecule has 0 bridgehead atoms. The van der Waals surface area contributed by atoms with Crippen LogP contribution in [0.4, 0.5) is 4.39 Å². The van der Waals surface area contributed by atoms with E-state index < -0.39 is 11.2 Å². The molecule has 1 fully saturated rings. The van der Waals surface area contributed by atoms with Crippen LogP contribution in [0.1, 0.15) is 35.7 Å². The summed E-state index contributed by atoms with van der Waals surface area (Å²) in [6.45, 7) is 4.67. The van der Waals surface area contributed by atoms with Gasteiger partial charge in [-0.25, -0.2) is 4.39 Å². The number of likely N-dealkylation sites (tertiary alicyclic amines) is 1. The molecule has 1 amide bonds. The minimum absolute atomic E-state index is 0.181. The van der Waals surface area contributed by atoms with Gasteiger partial charge in [-0.05, 0) is 43.5 Å². The molecular formula is C15H20FN3O2. The molecule has 1 heterocycles. The molecular weight excluding hydrogens is 273 g/mol. The summed E-state index contributed by atoms with van der Waals surface area (Å²) in [4.78, 5) is 14.1. The van der Waals surface area contributed by atoms with Gasteiger partial charge in [0.2, 0.25) is 0 Å². The molecule has 0 spiro atoms.